The topological polar surface area (TPSA) is 38.3 Å². The van der Waals surface area contributed by atoms with Gasteiger partial charge in [-0.1, -0.05) is 48.5 Å². The Balaban J connectivity index is 1.79. The summed E-state index contributed by atoms with van der Waals surface area (Å²) in [6.07, 6.45) is 1.12. The van der Waals surface area contributed by atoms with Gasteiger partial charge in [-0.3, -0.25) is 4.79 Å². The van der Waals surface area contributed by atoms with Crippen LogP contribution in [0.25, 0.3) is 21.9 Å². The maximum atomic E-state index is 11.2. The molecule has 1 amide bonds. The molecule has 0 heterocycles. The molecule has 1 saturated carbocycles. The van der Waals surface area contributed by atoms with Crippen molar-refractivity contribution in [3.8, 4) is 16.9 Å². The van der Waals surface area contributed by atoms with E-state index >= 15 is 0 Å². The summed E-state index contributed by atoms with van der Waals surface area (Å²) in [5, 5.41) is 5.36. The SMILES string of the molecule is COc1cccc2c(C3CC3CNC(C)=O)cc(-c3ccccc3)cc12. The molecule has 26 heavy (non-hydrogen) atoms. The number of carbonyl (C=O) groups is 1. The van der Waals surface area contributed by atoms with Crippen molar-refractivity contribution in [1.82, 2.24) is 5.32 Å². The minimum absolute atomic E-state index is 0.0419. The fourth-order valence-electron chi connectivity index (χ4n) is 3.80. The Bertz CT molecular complexity index is 949. The van der Waals surface area contributed by atoms with Crippen LogP contribution in [0.3, 0.4) is 0 Å². The fraction of sp³-hybridized carbons (Fsp3) is 0.261. The first-order valence-corrected chi connectivity index (χ1v) is 9.08. The molecule has 132 valence electrons. The van der Waals surface area contributed by atoms with Gasteiger partial charge < -0.3 is 10.1 Å². The second-order valence-electron chi connectivity index (χ2n) is 7.03. The van der Waals surface area contributed by atoms with Crippen LogP contribution >= 0.6 is 0 Å². The van der Waals surface area contributed by atoms with Gasteiger partial charge >= 0.3 is 0 Å². The van der Waals surface area contributed by atoms with Crippen molar-refractivity contribution in [2.24, 2.45) is 5.92 Å². The van der Waals surface area contributed by atoms with Crippen molar-refractivity contribution in [1.29, 1.82) is 0 Å². The minimum Gasteiger partial charge on any atom is -0.496 e. The third-order valence-corrected chi connectivity index (χ3v) is 5.25. The standard InChI is InChI=1S/C23H23NO2/c1-15(25)24-14-18-13-20(18)21-11-17(16-7-4-3-5-8-16)12-22-19(21)9-6-10-23(22)26-2/h3-12,18,20H,13-14H2,1-2H3,(H,24,25). The molecule has 3 aromatic rings. The van der Waals surface area contributed by atoms with E-state index in [1.165, 1.54) is 22.1 Å². The molecule has 0 aliphatic heterocycles. The van der Waals surface area contributed by atoms with E-state index in [0.29, 0.717) is 11.8 Å². The van der Waals surface area contributed by atoms with E-state index in [4.69, 9.17) is 4.74 Å². The zero-order valence-electron chi connectivity index (χ0n) is 15.2. The van der Waals surface area contributed by atoms with Crippen LogP contribution < -0.4 is 10.1 Å². The van der Waals surface area contributed by atoms with E-state index in [-0.39, 0.29) is 5.91 Å². The Labute approximate surface area is 154 Å². The summed E-state index contributed by atoms with van der Waals surface area (Å²) in [5.74, 6) is 1.94. The maximum Gasteiger partial charge on any atom is 0.216 e. The zero-order valence-corrected chi connectivity index (χ0v) is 15.2. The van der Waals surface area contributed by atoms with Gasteiger partial charge in [-0.25, -0.2) is 0 Å². The quantitative estimate of drug-likeness (QED) is 0.724. The van der Waals surface area contributed by atoms with Crippen LogP contribution in [-0.4, -0.2) is 19.6 Å². The highest BCUT2D eigenvalue weighted by molar-refractivity contribution is 5.95. The molecular weight excluding hydrogens is 322 g/mol. The molecule has 3 heteroatoms. The Morgan fingerprint density at radius 1 is 1.04 bits per heavy atom. The summed E-state index contributed by atoms with van der Waals surface area (Å²) >= 11 is 0. The van der Waals surface area contributed by atoms with Crippen LogP contribution in [-0.2, 0) is 4.79 Å². The molecule has 0 spiro atoms. The second-order valence-corrected chi connectivity index (χ2v) is 7.03. The van der Waals surface area contributed by atoms with Gasteiger partial charge in [0.15, 0.2) is 0 Å². The van der Waals surface area contributed by atoms with Crippen molar-refractivity contribution >= 4 is 16.7 Å². The number of carbonyl (C=O) groups excluding carboxylic acids is 1. The number of benzene rings is 3. The van der Waals surface area contributed by atoms with Crippen LogP contribution in [0.1, 0.15) is 24.8 Å². The Morgan fingerprint density at radius 2 is 1.85 bits per heavy atom. The number of ether oxygens (including phenoxy) is 1. The van der Waals surface area contributed by atoms with E-state index in [2.05, 4.69) is 53.8 Å². The van der Waals surface area contributed by atoms with Gasteiger partial charge in [0.25, 0.3) is 0 Å². The molecule has 1 aliphatic rings. The third kappa shape index (κ3) is 3.17. The van der Waals surface area contributed by atoms with Crippen LogP contribution in [0.15, 0.2) is 60.7 Å². The maximum absolute atomic E-state index is 11.2. The number of hydrogen-bond donors (Lipinski definition) is 1. The van der Waals surface area contributed by atoms with E-state index in [0.717, 1.165) is 24.1 Å². The largest absolute Gasteiger partial charge is 0.496 e. The van der Waals surface area contributed by atoms with Crippen LogP contribution in [0, 0.1) is 5.92 Å². The van der Waals surface area contributed by atoms with Crippen molar-refractivity contribution < 1.29 is 9.53 Å². The number of hydrogen-bond acceptors (Lipinski definition) is 2. The summed E-state index contributed by atoms with van der Waals surface area (Å²) < 4.78 is 5.62. The summed E-state index contributed by atoms with van der Waals surface area (Å²) in [5.41, 5.74) is 3.78. The van der Waals surface area contributed by atoms with Gasteiger partial charge in [0.05, 0.1) is 7.11 Å². The van der Waals surface area contributed by atoms with Crippen LogP contribution in [0.2, 0.25) is 0 Å². The highest BCUT2D eigenvalue weighted by Crippen LogP contribution is 2.50. The summed E-state index contributed by atoms with van der Waals surface area (Å²) in [7, 11) is 1.72. The summed E-state index contributed by atoms with van der Waals surface area (Å²) in [6.45, 7) is 2.33. The number of fused-ring (bicyclic) bond motifs is 1. The average molecular weight is 345 g/mol. The van der Waals surface area contributed by atoms with Crippen molar-refractivity contribution in [2.45, 2.75) is 19.3 Å². The molecule has 2 atom stereocenters. The molecule has 0 aromatic heterocycles. The normalized spacial score (nSPS) is 18.5. The molecule has 1 aliphatic carbocycles. The van der Waals surface area contributed by atoms with E-state index < -0.39 is 0 Å². The van der Waals surface area contributed by atoms with E-state index in [1.807, 2.05) is 12.1 Å². The van der Waals surface area contributed by atoms with Gasteiger partial charge in [-0.15, -0.1) is 0 Å². The zero-order chi connectivity index (χ0) is 18.1. The van der Waals surface area contributed by atoms with Gasteiger partial charge in [-0.05, 0) is 52.5 Å². The number of methoxy groups -OCH3 is 1. The molecule has 2 unspecified atom stereocenters. The number of amides is 1. The summed E-state index contributed by atoms with van der Waals surface area (Å²) in [6, 6.07) is 21.2. The van der Waals surface area contributed by atoms with Crippen LogP contribution in [0.5, 0.6) is 5.75 Å². The molecule has 3 aromatic carbocycles. The van der Waals surface area contributed by atoms with Gasteiger partial charge in [0, 0.05) is 18.9 Å². The molecule has 0 radical (unpaired) electrons. The smallest absolute Gasteiger partial charge is 0.216 e. The Morgan fingerprint density at radius 3 is 2.58 bits per heavy atom. The van der Waals surface area contributed by atoms with Gasteiger partial charge in [0.1, 0.15) is 5.75 Å². The van der Waals surface area contributed by atoms with Crippen molar-refractivity contribution in [2.75, 3.05) is 13.7 Å². The fourth-order valence-corrected chi connectivity index (χ4v) is 3.80. The van der Waals surface area contributed by atoms with Crippen molar-refractivity contribution in [3.05, 3.63) is 66.2 Å². The average Bonchev–Trinajstić information content (AvgIpc) is 3.45. The van der Waals surface area contributed by atoms with Gasteiger partial charge in [0.2, 0.25) is 5.91 Å². The molecule has 0 bridgehead atoms. The minimum atomic E-state index is 0.0419. The van der Waals surface area contributed by atoms with E-state index in [1.54, 1.807) is 14.0 Å². The second kappa shape index (κ2) is 6.83. The monoisotopic (exact) mass is 345 g/mol. The number of rotatable bonds is 5. The summed E-state index contributed by atoms with van der Waals surface area (Å²) in [4.78, 5) is 11.2. The first-order valence-electron chi connectivity index (χ1n) is 9.08. The lowest BCUT2D eigenvalue weighted by Crippen LogP contribution is -2.22. The number of nitrogens with one attached hydrogen (secondary N) is 1. The predicted octanol–water partition coefficient (Wildman–Crippen LogP) is 4.76. The lowest BCUT2D eigenvalue weighted by atomic mass is 9.93. The molecule has 4 rings (SSSR count). The highest BCUT2D eigenvalue weighted by Gasteiger charge is 2.39. The molecule has 1 fully saturated rings. The van der Waals surface area contributed by atoms with E-state index in [9.17, 15) is 4.79 Å². The Kier molecular flexibility index (Phi) is 4.37. The molecule has 3 nitrogen and oxygen atoms in total. The third-order valence-electron chi connectivity index (χ3n) is 5.25. The van der Waals surface area contributed by atoms with Crippen molar-refractivity contribution in [3.63, 3.8) is 0 Å². The molecule has 1 N–H and O–H groups in total. The molecule has 0 saturated heterocycles. The lowest BCUT2D eigenvalue weighted by Gasteiger charge is -2.13. The van der Waals surface area contributed by atoms with Crippen LogP contribution in [0.4, 0.5) is 0 Å². The molecular formula is C23H23NO2. The first kappa shape index (κ1) is 16.6. The van der Waals surface area contributed by atoms with Gasteiger partial charge in [-0.2, -0.15) is 0 Å². The predicted molar refractivity (Wildman–Crippen MR) is 105 cm³/mol. The lowest BCUT2D eigenvalue weighted by molar-refractivity contribution is -0.119. The first-order chi connectivity index (χ1) is 12.7. The Hall–Kier alpha value is -2.81. The highest BCUT2D eigenvalue weighted by atomic mass is 16.5.